The van der Waals surface area contributed by atoms with E-state index >= 15 is 0 Å². The van der Waals surface area contributed by atoms with Crippen LogP contribution in [-0.4, -0.2) is 35.2 Å². The standard InChI is InChI=1S/C22H24N2O3S2/c1-15(2)16-7-9-18(10-8-16)24-20(25)13-27-21(26)19-6-4-3-5-17(19)14-29-22-23-11-12-28-22/h3-10,15H,11-14H2,1-2H3,(H,24,25). The summed E-state index contributed by atoms with van der Waals surface area (Å²) >= 11 is 3.36. The van der Waals surface area contributed by atoms with Crippen LogP contribution in [-0.2, 0) is 15.3 Å². The van der Waals surface area contributed by atoms with E-state index in [0.29, 0.717) is 22.9 Å². The summed E-state index contributed by atoms with van der Waals surface area (Å²) in [4.78, 5) is 29.0. The molecule has 152 valence electrons. The molecule has 0 saturated carbocycles. The summed E-state index contributed by atoms with van der Waals surface area (Å²) in [6.45, 7) is 4.76. The SMILES string of the molecule is CC(C)c1ccc(NC(=O)COC(=O)c2ccccc2CSC2=NCCS2)cc1. The van der Waals surface area contributed by atoms with Crippen molar-refractivity contribution in [3.05, 3.63) is 65.2 Å². The third-order valence-electron chi connectivity index (χ3n) is 4.34. The number of hydrogen-bond acceptors (Lipinski definition) is 6. The van der Waals surface area contributed by atoms with Gasteiger partial charge in [0, 0.05) is 17.2 Å². The molecule has 0 unspecified atom stereocenters. The zero-order chi connectivity index (χ0) is 20.6. The minimum atomic E-state index is -0.493. The van der Waals surface area contributed by atoms with E-state index in [9.17, 15) is 9.59 Å². The number of carbonyl (C=O) groups excluding carboxylic acids is 2. The van der Waals surface area contributed by atoms with Crippen LogP contribution in [0.2, 0.25) is 0 Å². The molecule has 0 aromatic heterocycles. The molecule has 1 amide bonds. The number of nitrogens with one attached hydrogen (secondary N) is 1. The highest BCUT2D eigenvalue weighted by Crippen LogP contribution is 2.26. The molecule has 0 saturated heterocycles. The van der Waals surface area contributed by atoms with Gasteiger partial charge in [-0.1, -0.05) is 67.7 Å². The predicted octanol–water partition coefficient (Wildman–Crippen LogP) is 4.94. The second kappa shape index (κ2) is 10.5. The Bertz CT molecular complexity index is 895. The zero-order valence-corrected chi connectivity index (χ0v) is 18.1. The molecular formula is C22H24N2O3S2. The highest BCUT2D eigenvalue weighted by Gasteiger charge is 2.16. The summed E-state index contributed by atoms with van der Waals surface area (Å²) < 4.78 is 6.29. The van der Waals surface area contributed by atoms with Crippen LogP contribution in [0.25, 0.3) is 0 Å². The van der Waals surface area contributed by atoms with E-state index in [0.717, 1.165) is 22.2 Å². The monoisotopic (exact) mass is 428 g/mol. The summed E-state index contributed by atoms with van der Waals surface area (Å²) in [5.41, 5.74) is 3.24. The third kappa shape index (κ3) is 6.37. The number of thioether (sulfide) groups is 2. The second-order valence-electron chi connectivity index (χ2n) is 6.84. The number of aliphatic imine (C=N–C) groups is 1. The molecule has 1 aliphatic rings. The van der Waals surface area contributed by atoms with Gasteiger partial charge < -0.3 is 10.1 Å². The molecule has 1 N–H and O–H groups in total. The number of benzene rings is 2. The molecule has 2 aromatic carbocycles. The van der Waals surface area contributed by atoms with Crippen molar-refractivity contribution >= 4 is 45.5 Å². The Balaban J connectivity index is 1.52. The van der Waals surface area contributed by atoms with Crippen molar-refractivity contribution < 1.29 is 14.3 Å². The molecule has 0 spiro atoms. The van der Waals surface area contributed by atoms with Crippen LogP contribution in [0, 0.1) is 0 Å². The fraction of sp³-hybridized carbons (Fsp3) is 0.318. The van der Waals surface area contributed by atoms with Gasteiger partial charge in [-0.05, 0) is 35.2 Å². The lowest BCUT2D eigenvalue weighted by Gasteiger charge is -2.10. The van der Waals surface area contributed by atoms with Crippen LogP contribution in [0.1, 0.15) is 41.3 Å². The van der Waals surface area contributed by atoms with E-state index in [1.165, 1.54) is 5.56 Å². The number of amides is 1. The molecule has 0 fully saturated rings. The first-order chi connectivity index (χ1) is 14.0. The largest absolute Gasteiger partial charge is 0.452 e. The van der Waals surface area contributed by atoms with Gasteiger partial charge >= 0.3 is 5.97 Å². The van der Waals surface area contributed by atoms with Gasteiger partial charge in [0.1, 0.15) is 4.38 Å². The third-order valence-corrected chi connectivity index (χ3v) is 6.64. The molecule has 29 heavy (non-hydrogen) atoms. The number of hydrogen-bond donors (Lipinski definition) is 1. The maximum Gasteiger partial charge on any atom is 0.338 e. The van der Waals surface area contributed by atoms with Gasteiger partial charge in [0.2, 0.25) is 0 Å². The highest BCUT2D eigenvalue weighted by molar-refractivity contribution is 8.38. The van der Waals surface area contributed by atoms with Gasteiger partial charge in [0.05, 0.1) is 12.1 Å². The van der Waals surface area contributed by atoms with Crippen molar-refractivity contribution in [3.63, 3.8) is 0 Å². The number of rotatable bonds is 7. The second-order valence-corrected chi connectivity index (χ2v) is 9.15. The van der Waals surface area contributed by atoms with Crippen molar-refractivity contribution in [1.82, 2.24) is 0 Å². The molecule has 1 heterocycles. The Hall–Kier alpha value is -2.25. The maximum absolute atomic E-state index is 12.5. The van der Waals surface area contributed by atoms with Gasteiger partial charge in [-0.25, -0.2) is 4.79 Å². The average molecular weight is 429 g/mol. The average Bonchev–Trinajstić information content (AvgIpc) is 3.25. The smallest absolute Gasteiger partial charge is 0.338 e. The van der Waals surface area contributed by atoms with Crippen molar-refractivity contribution in [1.29, 1.82) is 0 Å². The van der Waals surface area contributed by atoms with E-state index in [4.69, 9.17) is 4.74 Å². The topological polar surface area (TPSA) is 67.8 Å². The van der Waals surface area contributed by atoms with Crippen molar-refractivity contribution in [2.75, 3.05) is 24.2 Å². The Morgan fingerprint density at radius 2 is 1.93 bits per heavy atom. The van der Waals surface area contributed by atoms with E-state index < -0.39 is 5.97 Å². The van der Waals surface area contributed by atoms with E-state index in [1.807, 2.05) is 36.4 Å². The van der Waals surface area contributed by atoms with Crippen LogP contribution in [0.15, 0.2) is 53.5 Å². The summed E-state index contributed by atoms with van der Waals surface area (Å²) in [7, 11) is 0. The van der Waals surface area contributed by atoms with E-state index in [1.54, 1.807) is 35.7 Å². The van der Waals surface area contributed by atoms with E-state index in [-0.39, 0.29) is 12.5 Å². The molecular weight excluding hydrogens is 404 g/mol. The molecule has 0 aliphatic carbocycles. The molecule has 5 nitrogen and oxygen atoms in total. The van der Waals surface area contributed by atoms with Crippen LogP contribution in [0.5, 0.6) is 0 Å². The predicted molar refractivity (Wildman–Crippen MR) is 122 cm³/mol. The first kappa shape index (κ1) is 21.5. The van der Waals surface area contributed by atoms with E-state index in [2.05, 4.69) is 24.2 Å². The molecule has 0 radical (unpaired) electrons. The Morgan fingerprint density at radius 3 is 2.62 bits per heavy atom. The van der Waals surface area contributed by atoms with Gasteiger partial charge in [-0.2, -0.15) is 0 Å². The van der Waals surface area contributed by atoms with Crippen molar-refractivity contribution in [2.24, 2.45) is 4.99 Å². The number of esters is 1. The summed E-state index contributed by atoms with van der Waals surface area (Å²) in [5, 5.41) is 2.75. The van der Waals surface area contributed by atoms with Gasteiger partial charge in [-0.3, -0.25) is 9.79 Å². The van der Waals surface area contributed by atoms with Gasteiger partial charge in [0.25, 0.3) is 5.91 Å². The summed E-state index contributed by atoms with van der Waals surface area (Å²) in [6, 6.07) is 15.0. The first-order valence-electron chi connectivity index (χ1n) is 9.48. The van der Waals surface area contributed by atoms with Gasteiger partial charge in [0.15, 0.2) is 6.61 Å². The molecule has 0 atom stereocenters. The molecule has 1 aliphatic heterocycles. The summed E-state index contributed by atoms with van der Waals surface area (Å²) in [5.74, 6) is 1.23. The Morgan fingerprint density at radius 1 is 1.17 bits per heavy atom. The fourth-order valence-electron chi connectivity index (χ4n) is 2.74. The number of ether oxygens (including phenoxy) is 1. The van der Waals surface area contributed by atoms with Crippen LogP contribution < -0.4 is 5.32 Å². The summed E-state index contributed by atoms with van der Waals surface area (Å²) in [6.07, 6.45) is 0. The molecule has 3 rings (SSSR count). The number of anilines is 1. The van der Waals surface area contributed by atoms with Crippen LogP contribution in [0.4, 0.5) is 5.69 Å². The van der Waals surface area contributed by atoms with Crippen molar-refractivity contribution in [2.45, 2.75) is 25.5 Å². The van der Waals surface area contributed by atoms with Crippen molar-refractivity contribution in [3.8, 4) is 0 Å². The zero-order valence-electron chi connectivity index (χ0n) is 16.5. The first-order valence-corrected chi connectivity index (χ1v) is 11.4. The Kier molecular flexibility index (Phi) is 7.77. The van der Waals surface area contributed by atoms with Crippen LogP contribution in [0.3, 0.4) is 0 Å². The van der Waals surface area contributed by atoms with Crippen LogP contribution >= 0.6 is 23.5 Å². The maximum atomic E-state index is 12.5. The number of carbonyl (C=O) groups is 2. The molecule has 0 bridgehead atoms. The van der Waals surface area contributed by atoms with Gasteiger partial charge in [-0.15, -0.1) is 0 Å². The lowest BCUT2D eigenvalue weighted by atomic mass is 10.0. The number of nitrogens with zero attached hydrogens (tertiary/aromatic N) is 1. The minimum absolute atomic E-state index is 0.325. The highest BCUT2D eigenvalue weighted by atomic mass is 32.2. The quantitative estimate of drug-likeness (QED) is 0.633. The molecule has 7 heteroatoms. The Labute approximate surface area is 179 Å². The lowest BCUT2D eigenvalue weighted by molar-refractivity contribution is -0.119. The minimum Gasteiger partial charge on any atom is -0.452 e. The molecule has 2 aromatic rings. The normalized spacial score (nSPS) is 13.3. The lowest BCUT2D eigenvalue weighted by Crippen LogP contribution is -2.21. The fourth-order valence-corrected chi connectivity index (χ4v) is 4.76.